The highest BCUT2D eigenvalue weighted by Gasteiger charge is 2.28. The zero-order valence-corrected chi connectivity index (χ0v) is 13.8. The third-order valence-corrected chi connectivity index (χ3v) is 3.97. The van der Waals surface area contributed by atoms with Gasteiger partial charge in [0.05, 0.1) is 0 Å². The Morgan fingerprint density at radius 1 is 1.32 bits per heavy atom. The van der Waals surface area contributed by atoms with Crippen LogP contribution >= 0.6 is 0 Å². The van der Waals surface area contributed by atoms with Crippen LogP contribution in [0.15, 0.2) is 12.1 Å². The van der Waals surface area contributed by atoms with Crippen LogP contribution in [0.5, 0.6) is 0 Å². The van der Waals surface area contributed by atoms with Crippen molar-refractivity contribution < 1.29 is 13.9 Å². The number of ether oxygens (including phenoxy) is 1. The number of nitrogens with two attached hydrogens (primary N) is 1. The number of nitrogen functional groups attached to an aromatic ring is 1. The lowest BCUT2D eigenvalue weighted by atomic mass is 9.88. The predicted molar refractivity (Wildman–Crippen MR) is 85.3 cm³/mol. The minimum absolute atomic E-state index is 0.123. The number of amides is 1. The lowest BCUT2D eigenvalue weighted by Gasteiger charge is -2.33. The van der Waals surface area contributed by atoms with Crippen LogP contribution in [0.25, 0.3) is 0 Å². The molecule has 1 aromatic carbocycles. The molecule has 5 heteroatoms. The van der Waals surface area contributed by atoms with E-state index in [4.69, 9.17) is 10.5 Å². The third kappa shape index (κ3) is 3.90. The third-order valence-electron chi connectivity index (χ3n) is 3.97. The van der Waals surface area contributed by atoms with Crippen molar-refractivity contribution in [3.63, 3.8) is 0 Å². The Morgan fingerprint density at radius 2 is 1.91 bits per heavy atom. The molecule has 1 aliphatic rings. The quantitative estimate of drug-likeness (QED) is 0.802. The zero-order chi connectivity index (χ0) is 16.5. The van der Waals surface area contributed by atoms with Crippen LogP contribution in [0.1, 0.15) is 50.7 Å². The lowest BCUT2D eigenvalue weighted by molar-refractivity contribution is 0.0204. The summed E-state index contributed by atoms with van der Waals surface area (Å²) in [7, 11) is 0. The lowest BCUT2D eigenvalue weighted by Crippen LogP contribution is -2.41. The monoisotopic (exact) mass is 308 g/mol. The maximum Gasteiger partial charge on any atom is 0.410 e. The van der Waals surface area contributed by atoms with E-state index in [1.54, 1.807) is 4.90 Å². The number of anilines is 1. The van der Waals surface area contributed by atoms with Gasteiger partial charge in [-0.15, -0.1) is 0 Å². The zero-order valence-electron chi connectivity index (χ0n) is 13.8. The first-order valence-corrected chi connectivity index (χ1v) is 7.71. The smallest absolute Gasteiger partial charge is 0.410 e. The van der Waals surface area contributed by atoms with Gasteiger partial charge in [-0.2, -0.15) is 0 Å². The molecule has 122 valence electrons. The second-order valence-corrected chi connectivity index (χ2v) is 6.97. The molecule has 0 aliphatic carbocycles. The SMILES string of the molecule is Cc1cc(C2CCN(C(=O)OC(C)(C)C)CC2)c(F)cc1N. The normalized spacial score (nSPS) is 16.7. The maximum absolute atomic E-state index is 14.1. The summed E-state index contributed by atoms with van der Waals surface area (Å²) in [6.45, 7) is 8.61. The molecule has 0 bridgehead atoms. The van der Waals surface area contributed by atoms with Gasteiger partial charge in [-0.05, 0) is 63.6 Å². The molecule has 1 amide bonds. The van der Waals surface area contributed by atoms with Crippen LogP contribution in [0, 0.1) is 12.7 Å². The summed E-state index contributed by atoms with van der Waals surface area (Å²) in [6.07, 6.45) is 1.18. The van der Waals surface area contributed by atoms with Gasteiger partial charge in [-0.1, -0.05) is 6.07 Å². The van der Waals surface area contributed by atoms with Gasteiger partial charge in [0.2, 0.25) is 0 Å². The number of aryl methyl sites for hydroxylation is 1. The summed E-state index contributed by atoms with van der Waals surface area (Å²) in [5.41, 5.74) is 7.32. The number of carbonyl (C=O) groups excluding carboxylic acids is 1. The number of benzene rings is 1. The summed E-state index contributed by atoms with van der Waals surface area (Å²) >= 11 is 0. The molecule has 0 saturated carbocycles. The van der Waals surface area contributed by atoms with Gasteiger partial charge >= 0.3 is 6.09 Å². The van der Waals surface area contributed by atoms with Crippen LogP contribution in [-0.2, 0) is 4.74 Å². The topological polar surface area (TPSA) is 55.6 Å². The van der Waals surface area contributed by atoms with E-state index in [2.05, 4.69) is 0 Å². The van der Waals surface area contributed by atoms with Crippen molar-refractivity contribution in [2.45, 2.75) is 52.1 Å². The molecule has 22 heavy (non-hydrogen) atoms. The van der Waals surface area contributed by atoms with E-state index in [1.807, 2.05) is 33.8 Å². The molecule has 4 nitrogen and oxygen atoms in total. The first kappa shape index (κ1) is 16.6. The molecule has 0 spiro atoms. The van der Waals surface area contributed by atoms with Gasteiger partial charge in [0.1, 0.15) is 11.4 Å². The minimum atomic E-state index is -0.492. The number of rotatable bonds is 1. The molecule has 0 unspecified atom stereocenters. The molecule has 0 radical (unpaired) electrons. The second-order valence-electron chi connectivity index (χ2n) is 6.97. The standard InChI is InChI=1S/C17H25FN2O2/c1-11-9-13(14(18)10-15(11)19)12-5-7-20(8-6-12)16(21)22-17(2,3)4/h9-10,12H,5-8,19H2,1-4H3. The van der Waals surface area contributed by atoms with Crippen LogP contribution in [0.2, 0.25) is 0 Å². The van der Waals surface area contributed by atoms with Crippen molar-refractivity contribution in [3.05, 3.63) is 29.1 Å². The Balaban J connectivity index is 2.01. The van der Waals surface area contributed by atoms with E-state index < -0.39 is 5.60 Å². The van der Waals surface area contributed by atoms with Crippen molar-refractivity contribution >= 4 is 11.8 Å². The van der Waals surface area contributed by atoms with Crippen molar-refractivity contribution in [1.29, 1.82) is 0 Å². The average Bonchev–Trinajstić information content (AvgIpc) is 2.41. The van der Waals surface area contributed by atoms with E-state index in [0.717, 1.165) is 18.4 Å². The van der Waals surface area contributed by atoms with Gasteiger partial charge in [0.15, 0.2) is 0 Å². The maximum atomic E-state index is 14.1. The molecule has 1 saturated heterocycles. The van der Waals surface area contributed by atoms with E-state index in [0.29, 0.717) is 24.3 Å². The molecule has 1 heterocycles. The van der Waals surface area contributed by atoms with Gasteiger partial charge in [-0.25, -0.2) is 9.18 Å². The van der Waals surface area contributed by atoms with E-state index in [9.17, 15) is 9.18 Å². The van der Waals surface area contributed by atoms with E-state index in [-0.39, 0.29) is 17.8 Å². The highest BCUT2D eigenvalue weighted by atomic mass is 19.1. The summed E-state index contributed by atoms with van der Waals surface area (Å²) in [5, 5.41) is 0. The van der Waals surface area contributed by atoms with Crippen LogP contribution < -0.4 is 5.73 Å². The van der Waals surface area contributed by atoms with E-state index in [1.165, 1.54) is 6.07 Å². The number of carbonyl (C=O) groups is 1. The van der Waals surface area contributed by atoms with Crippen LogP contribution in [0.3, 0.4) is 0 Å². The number of nitrogens with zero attached hydrogens (tertiary/aromatic N) is 1. The van der Waals surface area contributed by atoms with Crippen molar-refractivity contribution in [1.82, 2.24) is 4.90 Å². The number of hydrogen-bond donors (Lipinski definition) is 1. The molecule has 2 rings (SSSR count). The van der Waals surface area contributed by atoms with Crippen LogP contribution in [0.4, 0.5) is 14.9 Å². The molecule has 0 atom stereocenters. The number of piperidine rings is 1. The van der Waals surface area contributed by atoms with Crippen molar-refractivity contribution in [3.8, 4) is 0 Å². The average molecular weight is 308 g/mol. The second kappa shape index (κ2) is 6.15. The highest BCUT2D eigenvalue weighted by Crippen LogP contribution is 2.32. The highest BCUT2D eigenvalue weighted by molar-refractivity contribution is 5.68. The van der Waals surface area contributed by atoms with Gasteiger partial charge in [-0.3, -0.25) is 0 Å². The van der Waals surface area contributed by atoms with Gasteiger partial charge in [0, 0.05) is 18.8 Å². The molecule has 1 aliphatic heterocycles. The number of halogens is 1. The van der Waals surface area contributed by atoms with Gasteiger partial charge in [0.25, 0.3) is 0 Å². The van der Waals surface area contributed by atoms with Crippen molar-refractivity contribution in [2.24, 2.45) is 0 Å². The largest absolute Gasteiger partial charge is 0.444 e. The summed E-state index contributed by atoms with van der Waals surface area (Å²) in [5.74, 6) is -0.128. The Morgan fingerprint density at radius 3 is 2.45 bits per heavy atom. The fourth-order valence-corrected chi connectivity index (χ4v) is 2.73. The molecule has 2 N–H and O–H groups in total. The minimum Gasteiger partial charge on any atom is -0.444 e. The summed E-state index contributed by atoms with van der Waals surface area (Å²) in [4.78, 5) is 13.7. The first-order chi connectivity index (χ1) is 10.2. The predicted octanol–water partition coefficient (Wildman–Crippen LogP) is 3.83. The number of likely N-dealkylation sites (tertiary alicyclic amines) is 1. The fourth-order valence-electron chi connectivity index (χ4n) is 2.73. The summed E-state index contributed by atoms with van der Waals surface area (Å²) < 4.78 is 19.5. The molecule has 1 aromatic rings. The Hall–Kier alpha value is -1.78. The van der Waals surface area contributed by atoms with E-state index >= 15 is 0 Å². The Kier molecular flexibility index (Phi) is 4.63. The Bertz CT molecular complexity index is 559. The van der Waals surface area contributed by atoms with Gasteiger partial charge < -0.3 is 15.4 Å². The van der Waals surface area contributed by atoms with Crippen molar-refractivity contribution in [2.75, 3.05) is 18.8 Å². The number of hydrogen-bond acceptors (Lipinski definition) is 3. The summed E-state index contributed by atoms with van der Waals surface area (Å²) in [6, 6.07) is 3.23. The molecule has 1 fully saturated rings. The first-order valence-electron chi connectivity index (χ1n) is 7.71. The molecular formula is C17H25FN2O2. The Labute approximate surface area is 131 Å². The molecular weight excluding hydrogens is 283 g/mol. The fraction of sp³-hybridized carbons (Fsp3) is 0.588. The molecule has 0 aromatic heterocycles. The van der Waals surface area contributed by atoms with Crippen LogP contribution in [-0.4, -0.2) is 29.7 Å².